The zero-order valence-electron chi connectivity index (χ0n) is 7.57. The molecule has 0 fully saturated rings. The van der Waals surface area contributed by atoms with Crippen LogP contribution in [-0.4, -0.2) is 19.6 Å². The average molecular weight is 144 g/mol. The Kier molecular flexibility index (Phi) is 3.91. The van der Waals surface area contributed by atoms with Gasteiger partial charge >= 0.3 is 0 Å². The van der Waals surface area contributed by atoms with Gasteiger partial charge in [0.1, 0.15) is 0 Å². The smallest absolute Gasteiger partial charge is 0.0125 e. The second kappa shape index (κ2) is 3.94. The van der Waals surface area contributed by atoms with E-state index in [0.717, 1.165) is 13.0 Å². The van der Waals surface area contributed by atoms with Crippen LogP contribution in [0.3, 0.4) is 0 Å². The van der Waals surface area contributed by atoms with Crippen LogP contribution in [0.1, 0.15) is 27.2 Å². The predicted molar refractivity (Wildman–Crippen MR) is 46.0 cm³/mol. The van der Waals surface area contributed by atoms with E-state index in [1.807, 2.05) is 7.05 Å². The van der Waals surface area contributed by atoms with Gasteiger partial charge in [-0.3, -0.25) is 0 Å². The fourth-order valence-electron chi connectivity index (χ4n) is 1.29. The molecule has 62 valence electrons. The fourth-order valence-corrected chi connectivity index (χ4v) is 1.29. The highest BCUT2D eigenvalue weighted by Gasteiger charge is 2.24. The molecule has 0 spiro atoms. The van der Waals surface area contributed by atoms with Crippen molar-refractivity contribution in [3.05, 3.63) is 0 Å². The summed E-state index contributed by atoms with van der Waals surface area (Å²) in [5.41, 5.74) is 5.84. The molecule has 0 saturated heterocycles. The third-order valence-electron chi connectivity index (χ3n) is 2.23. The maximum absolute atomic E-state index is 5.62. The number of rotatable bonds is 4. The van der Waals surface area contributed by atoms with Gasteiger partial charge in [0.05, 0.1) is 0 Å². The Balaban J connectivity index is 3.97. The van der Waals surface area contributed by atoms with Crippen molar-refractivity contribution in [3.8, 4) is 0 Å². The molecule has 0 aliphatic heterocycles. The Morgan fingerprint density at radius 3 is 2.10 bits per heavy atom. The summed E-state index contributed by atoms with van der Waals surface area (Å²) < 4.78 is 0. The zero-order valence-corrected chi connectivity index (χ0v) is 7.57. The van der Waals surface area contributed by atoms with E-state index in [1.54, 1.807) is 0 Å². The summed E-state index contributed by atoms with van der Waals surface area (Å²) in [5.74, 6) is 0. The third kappa shape index (κ3) is 2.27. The number of hydrogen-bond acceptors (Lipinski definition) is 2. The lowest BCUT2D eigenvalue weighted by molar-refractivity contribution is 0.255. The molecule has 0 aromatic rings. The van der Waals surface area contributed by atoms with Crippen molar-refractivity contribution < 1.29 is 0 Å². The van der Waals surface area contributed by atoms with Crippen molar-refractivity contribution >= 4 is 0 Å². The summed E-state index contributed by atoms with van der Waals surface area (Å²) in [6.07, 6.45) is 1.14. The Morgan fingerprint density at radius 2 is 2.00 bits per heavy atom. The molecule has 0 aromatic carbocycles. The maximum atomic E-state index is 5.62. The maximum Gasteiger partial charge on any atom is 0.0125 e. The molecular weight excluding hydrogens is 124 g/mol. The first-order valence-corrected chi connectivity index (χ1v) is 3.95. The quantitative estimate of drug-likeness (QED) is 0.617. The lowest BCUT2D eigenvalue weighted by Crippen LogP contribution is -2.44. The molecule has 2 nitrogen and oxygen atoms in total. The van der Waals surface area contributed by atoms with Gasteiger partial charge in [0.25, 0.3) is 0 Å². The van der Waals surface area contributed by atoms with Crippen LogP contribution in [0, 0.1) is 5.41 Å². The summed E-state index contributed by atoms with van der Waals surface area (Å²) in [6, 6.07) is 0.539. The summed E-state index contributed by atoms with van der Waals surface area (Å²) in [4.78, 5) is 0. The van der Waals surface area contributed by atoms with Gasteiger partial charge in [0.2, 0.25) is 0 Å². The summed E-state index contributed by atoms with van der Waals surface area (Å²) in [7, 11) is 1.99. The van der Waals surface area contributed by atoms with Crippen molar-refractivity contribution in [1.29, 1.82) is 0 Å². The minimum absolute atomic E-state index is 0.226. The van der Waals surface area contributed by atoms with E-state index in [-0.39, 0.29) is 5.41 Å². The lowest BCUT2D eigenvalue weighted by atomic mass is 9.83. The van der Waals surface area contributed by atoms with Gasteiger partial charge in [-0.05, 0) is 25.4 Å². The highest BCUT2D eigenvalue weighted by Crippen LogP contribution is 2.20. The van der Waals surface area contributed by atoms with Crippen LogP contribution in [0.2, 0.25) is 0 Å². The third-order valence-corrected chi connectivity index (χ3v) is 2.23. The van der Waals surface area contributed by atoms with Crippen LogP contribution in [-0.2, 0) is 0 Å². The lowest BCUT2D eigenvalue weighted by Gasteiger charge is -2.32. The molecule has 0 heterocycles. The topological polar surface area (TPSA) is 38.0 Å². The van der Waals surface area contributed by atoms with E-state index in [9.17, 15) is 0 Å². The molecule has 0 rings (SSSR count). The van der Waals surface area contributed by atoms with Gasteiger partial charge in [0, 0.05) is 6.04 Å². The SMILES string of the molecule is CCC(NC)C(C)(C)CN. The van der Waals surface area contributed by atoms with Gasteiger partial charge in [-0.15, -0.1) is 0 Å². The van der Waals surface area contributed by atoms with Crippen LogP contribution in [0.15, 0.2) is 0 Å². The highest BCUT2D eigenvalue weighted by atomic mass is 14.9. The molecule has 0 aliphatic carbocycles. The normalized spacial score (nSPS) is 15.3. The summed E-state index contributed by atoms with van der Waals surface area (Å²) in [5, 5.41) is 3.26. The molecule has 0 aromatic heterocycles. The molecule has 2 heteroatoms. The summed E-state index contributed by atoms with van der Waals surface area (Å²) in [6.45, 7) is 7.31. The van der Waals surface area contributed by atoms with Gasteiger partial charge in [-0.2, -0.15) is 0 Å². The number of nitrogens with two attached hydrogens (primary N) is 1. The Labute approximate surface area is 64.2 Å². The van der Waals surface area contributed by atoms with Gasteiger partial charge in [-0.25, -0.2) is 0 Å². The monoisotopic (exact) mass is 144 g/mol. The second-order valence-corrected chi connectivity index (χ2v) is 3.44. The van der Waals surface area contributed by atoms with E-state index in [4.69, 9.17) is 5.73 Å². The average Bonchev–Trinajstić information content (AvgIpc) is 1.90. The summed E-state index contributed by atoms with van der Waals surface area (Å²) >= 11 is 0. The molecule has 10 heavy (non-hydrogen) atoms. The minimum atomic E-state index is 0.226. The molecule has 0 amide bonds. The van der Waals surface area contributed by atoms with Crippen LogP contribution < -0.4 is 11.1 Å². The Hall–Kier alpha value is -0.0800. The molecule has 0 saturated carbocycles. The van der Waals surface area contributed by atoms with Gasteiger partial charge in [0.15, 0.2) is 0 Å². The van der Waals surface area contributed by atoms with Crippen molar-refractivity contribution in [3.63, 3.8) is 0 Å². The first-order chi connectivity index (χ1) is 4.58. The van der Waals surface area contributed by atoms with Crippen LogP contribution in [0.4, 0.5) is 0 Å². The van der Waals surface area contributed by atoms with E-state index in [0.29, 0.717) is 6.04 Å². The highest BCUT2D eigenvalue weighted by molar-refractivity contribution is 4.82. The molecule has 0 bridgehead atoms. The van der Waals surface area contributed by atoms with Crippen LogP contribution in [0.5, 0.6) is 0 Å². The van der Waals surface area contributed by atoms with E-state index < -0.39 is 0 Å². The number of hydrogen-bond donors (Lipinski definition) is 2. The van der Waals surface area contributed by atoms with Crippen molar-refractivity contribution in [2.45, 2.75) is 33.2 Å². The zero-order chi connectivity index (χ0) is 8.20. The molecule has 0 aliphatic rings. The molecular formula is C8H20N2. The minimum Gasteiger partial charge on any atom is -0.330 e. The second-order valence-electron chi connectivity index (χ2n) is 3.44. The predicted octanol–water partition coefficient (Wildman–Crippen LogP) is 0.969. The first kappa shape index (κ1) is 9.92. The van der Waals surface area contributed by atoms with Crippen LogP contribution >= 0.6 is 0 Å². The number of nitrogens with one attached hydrogen (secondary N) is 1. The molecule has 3 N–H and O–H groups in total. The van der Waals surface area contributed by atoms with Gasteiger partial charge < -0.3 is 11.1 Å². The molecule has 1 unspecified atom stereocenters. The van der Waals surface area contributed by atoms with Crippen LogP contribution in [0.25, 0.3) is 0 Å². The van der Waals surface area contributed by atoms with E-state index in [1.165, 1.54) is 0 Å². The Morgan fingerprint density at radius 1 is 1.50 bits per heavy atom. The van der Waals surface area contributed by atoms with E-state index in [2.05, 4.69) is 26.1 Å². The van der Waals surface area contributed by atoms with Crippen molar-refractivity contribution in [2.75, 3.05) is 13.6 Å². The Bertz CT molecular complexity index is 85.3. The largest absolute Gasteiger partial charge is 0.330 e. The van der Waals surface area contributed by atoms with Gasteiger partial charge in [-0.1, -0.05) is 20.8 Å². The van der Waals surface area contributed by atoms with Crippen molar-refractivity contribution in [2.24, 2.45) is 11.1 Å². The molecule has 1 atom stereocenters. The van der Waals surface area contributed by atoms with E-state index >= 15 is 0 Å². The first-order valence-electron chi connectivity index (χ1n) is 3.95. The standard InChI is InChI=1S/C8H20N2/c1-5-7(10-4)8(2,3)6-9/h7,10H,5-6,9H2,1-4H3. The fraction of sp³-hybridized carbons (Fsp3) is 1.00. The molecule has 0 radical (unpaired) electrons. The van der Waals surface area contributed by atoms with Crippen molar-refractivity contribution in [1.82, 2.24) is 5.32 Å².